The SMILES string of the molecule is CC1CN(Cc2ccn(C(C)C)n2)CC1C(=O)O. The lowest BCUT2D eigenvalue weighted by Crippen LogP contribution is -2.23. The Kier molecular flexibility index (Phi) is 3.71. The van der Waals surface area contributed by atoms with E-state index < -0.39 is 5.97 Å². The molecule has 1 fully saturated rings. The van der Waals surface area contributed by atoms with Crippen LogP contribution in [0.25, 0.3) is 0 Å². The number of hydrogen-bond donors (Lipinski definition) is 1. The van der Waals surface area contributed by atoms with Crippen LogP contribution in [0.1, 0.15) is 32.5 Å². The van der Waals surface area contributed by atoms with Crippen LogP contribution in [0.2, 0.25) is 0 Å². The van der Waals surface area contributed by atoms with E-state index in [2.05, 4.69) is 23.8 Å². The molecule has 0 saturated carbocycles. The van der Waals surface area contributed by atoms with Crippen LogP contribution in [0.4, 0.5) is 0 Å². The smallest absolute Gasteiger partial charge is 0.308 e. The first-order valence-corrected chi connectivity index (χ1v) is 6.46. The van der Waals surface area contributed by atoms with Crippen molar-refractivity contribution in [3.63, 3.8) is 0 Å². The molecule has 2 atom stereocenters. The molecule has 2 unspecified atom stereocenters. The molecule has 1 aliphatic rings. The van der Waals surface area contributed by atoms with Gasteiger partial charge in [-0.3, -0.25) is 14.4 Å². The van der Waals surface area contributed by atoms with Gasteiger partial charge in [0, 0.05) is 31.9 Å². The summed E-state index contributed by atoms with van der Waals surface area (Å²) < 4.78 is 1.93. The third-order valence-corrected chi connectivity index (χ3v) is 3.58. The molecule has 0 radical (unpaired) electrons. The Hall–Kier alpha value is -1.36. The number of likely N-dealkylation sites (tertiary alicyclic amines) is 1. The van der Waals surface area contributed by atoms with Gasteiger partial charge in [-0.1, -0.05) is 6.92 Å². The van der Waals surface area contributed by atoms with Gasteiger partial charge >= 0.3 is 5.97 Å². The second-order valence-electron chi connectivity index (χ2n) is 5.50. The van der Waals surface area contributed by atoms with Crippen LogP contribution in [-0.2, 0) is 11.3 Å². The molecule has 1 saturated heterocycles. The van der Waals surface area contributed by atoms with Gasteiger partial charge in [-0.15, -0.1) is 0 Å². The van der Waals surface area contributed by atoms with E-state index in [4.69, 9.17) is 5.11 Å². The van der Waals surface area contributed by atoms with Crippen LogP contribution >= 0.6 is 0 Å². The van der Waals surface area contributed by atoms with Crippen molar-refractivity contribution in [1.29, 1.82) is 0 Å². The van der Waals surface area contributed by atoms with E-state index in [0.717, 1.165) is 18.8 Å². The van der Waals surface area contributed by atoms with Crippen molar-refractivity contribution in [2.45, 2.75) is 33.4 Å². The van der Waals surface area contributed by atoms with Crippen molar-refractivity contribution >= 4 is 5.97 Å². The monoisotopic (exact) mass is 251 g/mol. The van der Waals surface area contributed by atoms with E-state index in [1.54, 1.807) is 0 Å². The fraction of sp³-hybridized carbons (Fsp3) is 0.692. The molecule has 1 aliphatic heterocycles. The van der Waals surface area contributed by atoms with Gasteiger partial charge in [0.15, 0.2) is 0 Å². The largest absolute Gasteiger partial charge is 0.481 e. The summed E-state index contributed by atoms with van der Waals surface area (Å²) in [5.74, 6) is -0.704. The van der Waals surface area contributed by atoms with Crippen molar-refractivity contribution in [1.82, 2.24) is 14.7 Å². The zero-order valence-corrected chi connectivity index (χ0v) is 11.2. The maximum atomic E-state index is 11.1. The zero-order valence-electron chi connectivity index (χ0n) is 11.2. The third-order valence-electron chi connectivity index (χ3n) is 3.58. The van der Waals surface area contributed by atoms with E-state index >= 15 is 0 Å². The Labute approximate surface area is 107 Å². The lowest BCUT2D eigenvalue weighted by Gasteiger charge is -2.13. The quantitative estimate of drug-likeness (QED) is 0.883. The zero-order chi connectivity index (χ0) is 13.3. The highest BCUT2D eigenvalue weighted by Crippen LogP contribution is 2.24. The van der Waals surface area contributed by atoms with Gasteiger partial charge in [0.1, 0.15) is 0 Å². The molecule has 0 aromatic carbocycles. The van der Waals surface area contributed by atoms with E-state index in [1.807, 2.05) is 23.9 Å². The number of rotatable bonds is 4. The fourth-order valence-electron chi connectivity index (χ4n) is 2.50. The molecule has 0 amide bonds. The highest BCUT2D eigenvalue weighted by Gasteiger charge is 2.34. The van der Waals surface area contributed by atoms with Crippen molar-refractivity contribution < 1.29 is 9.90 Å². The minimum atomic E-state index is -0.683. The van der Waals surface area contributed by atoms with Gasteiger partial charge in [-0.2, -0.15) is 5.10 Å². The van der Waals surface area contributed by atoms with Crippen LogP contribution in [-0.4, -0.2) is 38.8 Å². The normalized spacial score (nSPS) is 24.9. The van der Waals surface area contributed by atoms with E-state index in [9.17, 15) is 4.79 Å². The third kappa shape index (κ3) is 2.72. The minimum absolute atomic E-state index is 0.217. The number of aliphatic carboxylic acids is 1. The number of carbonyl (C=O) groups is 1. The van der Waals surface area contributed by atoms with Crippen molar-refractivity contribution in [2.24, 2.45) is 11.8 Å². The highest BCUT2D eigenvalue weighted by atomic mass is 16.4. The molecule has 0 aliphatic carbocycles. The molecule has 0 bridgehead atoms. The maximum Gasteiger partial charge on any atom is 0.308 e. The van der Waals surface area contributed by atoms with Gasteiger partial charge in [-0.05, 0) is 25.8 Å². The molecular formula is C13H21N3O2. The van der Waals surface area contributed by atoms with Gasteiger partial charge < -0.3 is 5.11 Å². The molecule has 5 heteroatoms. The minimum Gasteiger partial charge on any atom is -0.481 e. The summed E-state index contributed by atoms with van der Waals surface area (Å²) in [4.78, 5) is 13.2. The molecule has 1 aromatic heterocycles. The van der Waals surface area contributed by atoms with Gasteiger partial charge in [0.2, 0.25) is 0 Å². The van der Waals surface area contributed by atoms with E-state index in [1.165, 1.54) is 0 Å². The second-order valence-corrected chi connectivity index (χ2v) is 5.50. The maximum absolute atomic E-state index is 11.1. The molecule has 0 spiro atoms. The van der Waals surface area contributed by atoms with E-state index in [0.29, 0.717) is 12.6 Å². The van der Waals surface area contributed by atoms with Crippen LogP contribution in [0.15, 0.2) is 12.3 Å². The topological polar surface area (TPSA) is 58.4 Å². The molecule has 100 valence electrons. The highest BCUT2D eigenvalue weighted by molar-refractivity contribution is 5.71. The van der Waals surface area contributed by atoms with Gasteiger partial charge in [0.05, 0.1) is 11.6 Å². The number of carboxylic acid groups (broad SMARTS) is 1. The van der Waals surface area contributed by atoms with Crippen molar-refractivity contribution in [2.75, 3.05) is 13.1 Å². The van der Waals surface area contributed by atoms with Gasteiger partial charge in [-0.25, -0.2) is 0 Å². The molecule has 2 rings (SSSR count). The lowest BCUT2D eigenvalue weighted by atomic mass is 9.99. The number of aromatic nitrogens is 2. The average molecular weight is 251 g/mol. The average Bonchev–Trinajstić information content (AvgIpc) is 2.86. The standard InChI is InChI=1S/C13H21N3O2/c1-9(2)16-5-4-11(14-16)7-15-6-10(3)12(8-15)13(17)18/h4-5,9-10,12H,6-8H2,1-3H3,(H,17,18). The first kappa shape index (κ1) is 13.1. The number of carboxylic acids is 1. The summed E-state index contributed by atoms with van der Waals surface area (Å²) in [6, 6.07) is 2.38. The van der Waals surface area contributed by atoms with Crippen LogP contribution in [0.5, 0.6) is 0 Å². The van der Waals surface area contributed by atoms with Crippen molar-refractivity contribution in [3.05, 3.63) is 18.0 Å². The Balaban J connectivity index is 1.96. The predicted molar refractivity (Wildman–Crippen MR) is 68.2 cm³/mol. The van der Waals surface area contributed by atoms with E-state index in [-0.39, 0.29) is 11.8 Å². The molecule has 1 aromatic rings. The summed E-state index contributed by atoms with van der Waals surface area (Å²) in [6.07, 6.45) is 1.98. The molecule has 2 heterocycles. The lowest BCUT2D eigenvalue weighted by molar-refractivity contribution is -0.142. The first-order valence-electron chi connectivity index (χ1n) is 6.46. The molecule has 5 nitrogen and oxygen atoms in total. The van der Waals surface area contributed by atoms with Crippen molar-refractivity contribution in [3.8, 4) is 0 Å². The first-order chi connectivity index (χ1) is 8.47. The molecule has 1 N–H and O–H groups in total. The Morgan fingerprint density at radius 2 is 2.28 bits per heavy atom. The van der Waals surface area contributed by atoms with Crippen LogP contribution in [0, 0.1) is 11.8 Å². The predicted octanol–water partition coefficient (Wildman–Crippen LogP) is 1.62. The number of hydrogen-bond acceptors (Lipinski definition) is 3. The Morgan fingerprint density at radius 1 is 1.56 bits per heavy atom. The summed E-state index contributed by atoms with van der Waals surface area (Å²) in [7, 11) is 0. The summed E-state index contributed by atoms with van der Waals surface area (Å²) in [5, 5.41) is 13.6. The Morgan fingerprint density at radius 3 is 2.78 bits per heavy atom. The second kappa shape index (κ2) is 5.10. The number of nitrogens with zero attached hydrogens (tertiary/aromatic N) is 3. The molecular weight excluding hydrogens is 230 g/mol. The summed E-state index contributed by atoms with van der Waals surface area (Å²) >= 11 is 0. The van der Waals surface area contributed by atoms with Gasteiger partial charge in [0.25, 0.3) is 0 Å². The Bertz CT molecular complexity index is 428. The summed E-state index contributed by atoms with van der Waals surface area (Å²) in [6.45, 7) is 8.40. The molecule has 18 heavy (non-hydrogen) atoms. The van der Waals surface area contributed by atoms with Crippen LogP contribution < -0.4 is 0 Å². The fourth-order valence-corrected chi connectivity index (χ4v) is 2.50. The summed E-state index contributed by atoms with van der Waals surface area (Å²) in [5.41, 5.74) is 1.02. The van der Waals surface area contributed by atoms with Crippen LogP contribution in [0.3, 0.4) is 0 Å².